The molecule has 2 nitrogen and oxygen atoms in total. The zero-order valence-electron chi connectivity index (χ0n) is 10.2. The molecule has 0 atom stereocenters. The molecule has 17 heavy (non-hydrogen) atoms. The van der Waals surface area contributed by atoms with Crippen LogP contribution in [-0.4, -0.2) is 31.1 Å². The molecule has 0 amide bonds. The summed E-state index contributed by atoms with van der Waals surface area (Å²) >= 11 is 6.29. The summed E-state index contributed by atoms with van der Waals surface area (Å²) in [5, 5.41) is 4.28. The van der Waals surface area contributed by atoms with Crippen LogP contribution >= 0.6 is 24.0 Å². The quantitative estimate of drug-likeness (QED) is 0.912. The number of hydrogen-bond acceptors (Lipinski definition) is 2. The van der Waals surface area contributed by atoms with E-state index in [0.29, 0.717) is 0 Å². The lowest BCUT2D eigenvalue weighted by Crippen LogP contribution is -2.43. The van der Waals surface area contributed by atoms with E-state index in [4.69, 9.17) is 11.6 Å². The smallest absolute Gasteiger partial charge is 0.0453 e. The molecule has 96 valence electrons. The number of hydrogen-bond donors (Lipinski definition) is 1. The Bertz CT molecular complexity index is 349. The highest BCUT2D eigenvalue weighted by atomic mass is 35.5. The molecule has 1 fully saturated rings. The first-order valence-corrected chi connectivity index (χ1v) is 6.38. The Morgan fingerprint density at radius 2 is 2.00 bits per heavy atom. The lowest BCUT2D eigenvalue weighted by Gasteiger charge is -2.28. The molecule has 2 rings (SSSR count). The van der Waals surface area contributed by atoms with Crippen molar-refractivity contribution in [2.45, 2.75) is 19.9 Å². The van der Waals surface area contributed by atoms with Crippen LogP contribution in [0.5, 0.6) is 0 Å². The Balaban J connectivity index is 0.00000144. The van der Waals surface area contributed by atoms with E-state index in [1.54, 1.807) is 0 Å². The van der Waals surface area contributed by atoms with Crippen molar-refractivity contribution >= 4 is 24.0 Å². The standard InChI is InChI=1S/C13H19ClN2.ClH/c1-2-11-4-3-5-13(14)12(11)10-16-8-6-15-7-9-16;/h3-5,15H,2,6-10H2,1H3;1H. The topological polar surface area (TPSA) is 15.3 Å². The number of nitrogens with zero attached hydrogens (tertiary/aromatic N) is 1. The van der Waals surface area contributed by atoms with Crippen molar-refractivity contribution in [2.75, 3.05) is 26.2 Å². The number of piperazine rings is 1. The summed E-state index contributed by atoms with van der Waals surface area (Å²) in [5.74, 6) is 0. The predicted octanol–water partition coefficient (Wildman–Crippen LogP) is 2.73. The Morgan fingerprint density at radius 3 is 2.65 bits per heavy atom. The van der Waals surface area contributed by atoms with Gasteiger partial charge in [-0.2, -0.15) is 0 Å². The SMILES string of the molecule is CCc1cccc(Cl)c1CN1CCNCC1.Cl. The summed E-state index contributed by atoms with van der Waals surface area (Å²) in [4.78, 5) is 2.47. The maximum absolute atomic E-state index is 6.29. The van der Waals surface area contributed by atoms with E-state index in [2.05, 4.69) is 23.2 Å². The van der Waals surface area contributed by atoms with E-state index in [0.717, 1.165) is 44.2 Å². The molecule has 1 N–H and O–H groups in total. The molecule has 0 bridgehead atoms. The van der Waals surface area contributed by atoms with Crippen LogP contribution in [0.1, 0.15) is 18.1 Å². The molecule has 4 heteroatoms. The van der Waals surface area contributed by atoms with Crippen molar-refractivity contribution in [3.8, 4) is 0 Å². The van der Waals surface area contributed by atoms with Gasteiger partial charge in [0, 0.05) is 37.7 Å². The molecular formula is C13H20Cl2N2. The van der Waals surface area contributed by atoms with Gasteiger partial charge in [0.15, 0.2) is 0 Å². The van der Waals surface area contributed by atoms with Crippen molar-refractivity contribution in [3.05, 3.63) is 34.3 Å². The fourth-order valence-electron chi connectivity index (χ4n) is 2.20. The predicted molar refractivity (Wildman–Crippen MR) is 76.2 cm³/mol. The summed E-state index contributed by atoms with van der Waals surface area (Å²) < 4.78 is 0. The Hall–Kier alpha value is -0.280. The molecule has 1 aromatic rings. The lowest BCUT2D eigenvalue weighted by molar-refractivity contribution is 0.232. The zero-order chi connectivity index (χ0) is 11.4. The van der Waals surface area contributed by atoms with Crippen LogP contribution in [0.4, 0.5) is 0 Å². The van der Waals surface area contributed by atoms with Crippen LogP contribution in [0, 0.1) is 0 Å². The Morgan fingerprint density at radius 1 is 1.29 bits per heavy atom. The van der Waals surface area contributed by atoms with Crippen molar-refractivity contribution in [3.63, 3.8) is 0 Å². The largest absolute Gasteiger partial charge is 0.314 e. The van der Waals surface area contributed by atoms with Gasteiger partial charge in [0.25, 0.3) is 0 Å². The zero-order valence-corrected chi connectivity index (χ0v) is 11.8. The van der Waals surface area contributed by atoms with Gasteiger partial charge < -0.3 is 5.32 Å². The second kappa shape index (κ2) is 7.22. The van der Waals surface area contributed by atoms with Crippen LogP contribution in [0.3, 0.4) is 0 Å². The summed E-state index contributed by atoms with van der Waals surface area (Å²) in [6.07, 6.45) is 1.06. The van der Waals surface area contributed by atoms with E-state index in [-0.39, 0.29) is 12.4 Å². The fourth-order valence-corrected chi connectivity index (χ4v) is 2.46. The molecule has 0 radical (unpaired) electrons. The molecule has 0 saturated carbocycles. The molecule has 1 heterocycles. The number of aryl methyl sites for hydroxylation is 1. The van der Waals surface area contributed by atoms with Crippen LogP contribution in [0.15, 0.2) is 18.2 Å². The van der Waals surface area contributed by atoms with E-state index >= 15 is 0 Å². The number of rotatable bonds is 3. The van der Waals surface area contributed by atoms with Gasteiger partial charge in [-0.05, 0) is 23.6 Å². The van der Waals surface area contributed by atoms with Crippen molar-refractivity contribution < 1.29 is 0 Å². The first-order valence-electron chi connectivity index (χ1n) is 6.00. The fraction of sp³-hybridized carbons (Fsp3) is 0.538. The van der Waals surface area contributed by atoms with E-state index in [1.165, 1.54) is 11.1 Å². The molecule has 1 saturated heterocycles. The summed E-state index contributed by atoms with van der Waals surface area (Å²) in [6, 6.07) is 6.23. The van der Waals surface area contributed by atoms with Crippen LogP contribution in [-0.2, 0) is 13.0 Å². The average Bonchev–Trinajstić information content (AvgIpc) is 2.33. The molecule has 0 aromatic heterocycles. The highest BCUT2D eigenvalue weighted by Crippen LogP contribution is 2.22. The van der Waals surface area contributed by atoms with Gasteiger partial charge in [-0.3, -0.25) is 4.90 Å². The monoisotopic (exact) mass is 274 g/mol. The number of benzene rings is 1. The minimum absolute atomic E-state index is 0. The first kappa shape index (κ1) is 14.8. The normalized spacial score (nSPS) is 16.6. The molecule has 0 spiro atoms. The van der Waals surface area contributed by atoms with Gasteiger partial charge >= 0.3 is 0 Å². The first-order chi connectivity index (χ1) is 7.81. The molecule has 1 aliphatic rings. The number of halogens is 2. The Kier molecular flexibility index (Phi) is 6.28. The average molecular weight is 275 g/mol. The van der Waals surface area contributed by atoms with Crippen molar-refractivity contribution in [1.82, 2.24) is 10.2 Å². The van der Waals surface area contributed by atoms with Gasteiger partial charge in [-0.15, -0.1) is 12.4 Å². The minimum atomic E-state index is 0. The van der Waals surface area contributed by atoms with E-state index in [1.807, 2.05) is 12.1 Å². The lowest BCUT2D eigenvalue weighted by atomic mass is 10.0. The molecular weight excluding hydrogens is 255 g/mol. The Labute approximate surface area is 115 Å². The van der Waals surface area contributed by atoms with Crippen LogP contribution < -0.4 is 5.32 Å². The molecule has 0 aliphatic carbocycles. The molecule has 0 unspecified atom stereocenters. The summed E-state index contributed by atoms with van der Waals surface area (Å²) in [7, 11) is 0. The maximum Gasteiger partial charge on any atom is 0.0453 e. The van der Waals surface area contributed by atoms with Gasteiger partial charge in [-0.25, -0.2) is 0 Å². The molecule has 1 aliphatic heterocycles. The maximum atomic E-state index is 6.29. The summed E-state index contributed by atoms with van der Waals surface area (Å²) in [6.45, 7) is 7.60. The second-order valence-electron chi connectivity index (χ2n) is 4.26. The number of nitrogens with one attached hydrogen (secondary N) is 1. The summed E-state index contributed by atoms with van der Waals surface area (Å²) in [5.41, 5.74) is 2.69. The van der Waals surface area contributed by atoms with Crippen molar-refractivity contribution in [2.24, 2.45) is 0 Å². The van der Waals surface area contributed by atoms with Gasteiger partial charge in [0.1, 0.15) is 0 Å². The van der Waals surface area contributed by atoms with E-state index < -0.39 is 0 Å². The van der Waals surface area contributed by atoms with Crippen LogP contribution in [0.25, 0.3) is 0 Å². The van der Waals surface area contributed by atoms with Crippen LogP contribution in [0.2, 0.25) is 5.02 Å². The van der Waals surface area contributed by atoms with Gasteiger partial charge in [0.2, 0.25) is 0 Å². The second-order valence-corrected chi connectivity index (χ2v) is 4.66. The van der Waals surface area contributed by atoms with Gasteiger partial charge in [-0.1, -0.05) is 30.7 Å². The third-order valence-corrected chi connectivity index (χ3v) is 3.54. The third kappa shape index (κ3) is 3.85. The minimum Gasteiger partial charge on any atom is -0.314 e. The highest BCUT2D eigenvalue weighted by molar-refractivity contribution is 6.31. The van der Waals surface area contributed by atoms with E-state index in [9.17, 15) is 0 Å². The van der Waals surface area contributed by atoms with Gasteiger partial charge in [0.05, 0.1) is 0 Å². The third-order valence-electron chi connectivity index (χ3n) is 3.19. The molecule has 1 aromatic carbocycles. The highest BCUT2D eigenvalue weighted by Gasteiger charge is 2.13. The van der Waals surface area contributed by atoms with Crippen molar-refractivity contribution in [1.29, 1.82) is 0 Å².